The highest BCUT2D eigenvalue weighted by Crippen LogP contribution is 2.32. The Morgan fingerprint density at radius 3 is 2.56 bits per heavy atom. The number of hydrogen-bond donors (Lipinski definition) is 1. The van der Waals surface area contributed by atoms with Gasteiger partial charge >= 0.3 is 0 Å². The van der Waals surface area contributed by atoms with Gasteiger partial charge in [-0.3, -0.25) is 4.90 Å². The molecule has 0 aliphatic heterocycles. The highest BCUT2D eigenvalue weighted by atomic mass is 35.5. The Kier molecular flexibility index (Phi) is 4.96. The fraction of sp³-hybridized carbons (Fsp3) is 0.500. The predicted octanol–water partition coefficient (Wildman–Crippen LogP) is 3.28. The maximum absolute atomic E-state index is 6.25. The van der Waals surface area contributed by atoms with Crippen LogP contribution in [0.4, 0.5) is 0 Å². The van der Waals surface area contributed by atoms with Crippen LogP contribution in [0.3, 0.4) is 0 Å². The first-order valence-corrected chi connectivity index (χ1v) is 6.14. The Morgan fingerprint density at radius 1 is 1.44 bits per heavy atom. The van der Waals surface area contributed by atoms with Crippen LogP contribution in [-0.4, -0.2) is 24.9 Å². The lowest BCUT2D eigenvalue weighted by Gasteiger charge is -2.19. The van der Waals surface area contributed by atoms with Gasteiger partial charge in [0.15, 0.2) is 0 Å². The third-order valence-electron chi connectivity index (χ3n) is 2.66. The maximum atomic E-state index is 6.25. The minimum Gasteiger partial charge on any atom is -0.496 e. The Balaban J connectivity index is 3.19. The fourth-order valence-electron chi connectivity index (χ4n) is 1.66. The van der Waals surface area contributed by atoms with Gasteiger partial charge in [-0.1, -0.05) is 11.6 Å². The average Bonchev–Trinajstić information content (AvgIpc) is 2.29. The van der Waals surface area contributed by atoms with Gasteiger partial charge in [0, 0.05) is 23.0 Å². The highest BCUT2D eigenvalue weighted by molar-refractivity contribution is 7.80. The van der Waals surface area contributed by atoms with Crippen molar-refractivity contribution < 1.29 is 4.74 Å². The lowest BCUT2D eigenvalue weighted by Crippen LogP contribution is -2.17. The van der Waals surface area contributed by atoms with Crippen LogP contribution in [0.15, 0.2) is 6.07 Å². The number of halogens is 1. The largest absolute Gasteiger partial charge is 0.496 e. The van der Waals surface area contributed by atoms with E-state index in [0.29, 0.717) is 5.88 Å². The summed E-state index contributed by atoms with van der Waals surface area (Å²) in [6, 6.07) is 1.98. The van der Waals surface area contributed by atoms with E-state index in [1.165, 1.54) is 0 Å². The molecule has 0 radical (unpaired) electrons. The van der Waals surface area contributed by atoms with Crippen molar-refractivity contribution in [3.63, 3.8) is 0 Å². The SMILES string of the molecule is COc1cc(C)c(Cl)c(C)c1CN(C)CS. The zero-order valence-corrected chi connectivity index (χ0v) is 11.8. The number of benzene rings is 1. The van der Waals surface area contributed by atoms with Crippen molar-refractivity contribution in [3.8, 4) is 5.75 Å². The standard InChI is InChI=1S/C12H18ClNOS/c1-8-5-11(15-4)10(6-14(3)7-16)9(2)12(8)13/h5,16H,6-7H2,1-4H3. The van der Waals surface area contributed by atoms with Crippen molar-refractivity contribution >= 4 is 24.2 Å². The number of thiol groups is 1. The maximum Gasteiger partial charge on any atom is 0.123 e. The number of hydrogen-bond acceptors (Lipinski definition) is 3. The smallest absolute Gasteiger partial charge is 0.123 e. The summed E-state index contributed by atoms with van der Waals surface area (Å²) < 4.78 is 5.40. The van der Waals surface area contributed by atoms with Crippen molar-refractivity contribution in [3.05, 3.63) is 27.8 Å². The van der Waals surface area contributed by atoms with Crippen molar-refractivity contribution in [2.24, 2.45) is 0 Å². The van der Waals surface area contributed by atoms with E-state index in [1.54, 1.807) is 7.11 Å². The molecule has 0 aromatic heterocycles. The average molecular weight is 260 g/mol. The van der Waals surface area contributed by atoms with E-state index in [0.717, 1.165) is 34.0 Å². The van der Waals surface area contributed by atoms with Gasteiger partial charge in [-0.15, -0.1) is 0 Å². The summed E-state index contributed by atoms with van der Waals surface area (Å²) in [5, 5.41) is 0.823. The molecule has 0 aliphatic rings. The van der Waals surface area contributed by atoms with Crippen LogP contribution in [0, 0.1) is 13.8 Å². The lowest BCUT2D eigenvalue weighted by molar-refractivity contribution is 0.362. The van der Waals surface area contributed by atoms with Gasteiger partial charge in [0.25, 0.3) is 0 Å². The minimum absolute atomic E-state index is 0.702. The quantitative estimate of drug-likeness (QED) is 0.658. The molecule has 0 amide bonds. The molecule has 0 spiro atoms. The van der Waals surface area contributed by atoms with Crippen LogP contribution in [-0.2, 0) is 6.54 Å². The van der Waals surface area contributed by atoms with E-state index in [9.17, 15) is 0 Å². The van der Waals surface area contributed by atoms with E-state index in [1.807, 2.05) is 27.0 Å². The molecule has 0 saturated carbocycles. The molecular formula is C12H18ClNOS. The second-order valence-corrected chi connectivity index (χ2v) is 4.63. The molecule has 0 bridgehead atoms. The Labute approximate surface area is 108 Å². The molecule has 0 atom stereocenters. The number of aryl methyl sites for hydroxylation is 1. The summed E-state index contributed by atoms with van der Waals surface area (Å²) in [5.74, 6) is 1.60. The molecular weight excluding hydrogens is 242 g/mol. The normalized spacial score (nSPS) is 10.9. The first kappa shape index (κ1) is 13.7. The van der Waals surface area contributed by atoms with Gasteiger partial charge in [-0.2, -0.15) is 12.6 Å². The van der Waals surface area contributed by atoms with Gasteiger partial charge in [0.2, 0.25) is 0 Å². The first-order chi connectivity index (χ1) is 7.51. The predicted molar refractivity (Wildman–Crippen MR) is 72.8 cm³/mol. The van der Waals surface area contributed by atoms with Gasteiger partial charge < -0.3 is 4.74 Å². The van der Waals surface area contributed by atoms with Crippen LogP contribution < -0.4 is 4.74 Å². The molecule has 0 aliphatic carbocycles. The monoisotopic (exact) mass is 259 g/mol. The number of rotatable bonds is 4. The second-order valence-electron chi connectivity index (χ2n) is 3.97. The molecule has 0 saturated heterocycles. The molecule has 1 aromatic carbocycles. The summed E-state index contributed by atoms with van der Waals surface area (Å²) >= 11 is 10.5. The Bertz CT molecular complexity index is 382. The molecule has 1 rings (SSSR count). The summed E-state index contributed by atoms with van der Waals surface area (Å²) in [7, 11) is 3.70. The molecule has 0 N–H and O–H groups in total. The summed E-state index contributed by atoms with van der Waals surface area (Å²) in [5.41, 5.74) is 3.27. The fourth-order valence-corrected chi connectivity index (χ4v) is 1.93. The van der Waals surface area contributed by atoms with E-state index in [2.05, 4.69) is 17.5 Å². The zero-order chi connectivity index (χ0) is 12.3. The number of nitrogens with zero attached hydrogens (tertiary/aromatic N) is 1. The van der Waals surface area contributed by atoms with Crippen molar-refractivity contribution in [1.29, 1.82) is 0 Å². The topological polar surface area (TPSA) is 12.5 Å². The first-order valence-electron chi connectivity index (χ1n) is 5.13. The molecule has 1 aromatic rings. The van der Waals surface area contributed by atoms with E-state index in [-0.39, 0.29) is 0 Å². The zero-order valence-electron chi connectivity index (χ0n) is 10.2. The third-order valence-corrected chi connectivity index (χ3v) is 3.73. The van der Waals surface area contributed by atoms with Crippen LogP contribution in [0.1, 0.15) is 16.7 Å². The second kappa shape index (κ2) is 5.80. The van der Waals surface area contributed by atoms with Crippen molar-refractivity contribution in [2.75, 3.05) is 20.0 Å². The summed E-state index contributed by atoms with van der Waals surface area (Å²) in [4.78, 5) is 2.10. The van der Waals surface area contributed by atoms with Crippen LogP contribution in [0.5, 0.6) is 5.75 Å². The van der Waals surface area contributed by atoms with Gasteiger partial charge in [0.1, 0.15) is 5.75 Å². The van der Waals surface area contributed by atoms with Crippen LogP contribution in [0.25, 0.3) is 0 Å². The van der Waals surface area contributed by atoms with E-state index in [4.69, 9.17) is 16.3 Å². The van der Waals surface area contributed by atoms with E-state index < -0.39 is 0 Å². The molecule has 4 heteroatoms. The summed E-state index contributed by atoms with van der Waals surface area (Å²) in [6.07, 6.45) is 0. The summed E-state index contributed by atoms with van der Waals surface area (Å²) in [6.45, 7) is 4.81. The number of ether oxygens (including phenoxy) is 1. The van der Waals surface area contributed by atoms with Crippen LogP contribution >= 0.6 is 24.2 Å². The lowest BCUT2D eigenvalue weighted by atomic mass is 10.0. The highest BCUT2D eigenvalue weighted by Gasteiger charge is 2.13. The van der Waals surface area contributed by atoms with E-state index >= 15 is 0 Å². The van der Waals surface area contributed by atoms with Crippen molar-refractivity contribution in [1.82, 2.24) is 4.90 Å². The molecule has 90 valence electrons. The van der Waals surface area contributed by atoms with Gasteiger partial charge in [-0.25, -0.2) is 0 Å². The molecule has 2 nitrogen and oxygen atoms in total. The Morgan fingerprint density at radius 2 is 2.06 bits per heavy atom. The molecule has 0 heterocycles. The van der Waals surface area contributed by atoms with Crippen LogP contribution in [0.2, 0.25) is 5.02 Å². The third kappa shape index (κ3) is 2.84. The van der Waals surface area contributed by atoms with Crippen molar-refractivity contribution in [2.45, 2.75) is 20.4 Å². The minimum atomic E-state index is 0.702. The number of methoxy groups -OCH3 is 1. The molecule has 0 fully saturated rings. The van der Waals surface area contributed by atoms with Gasteiger partial charge in [0.05, 0.1) is 7.11 Å². The Hall–Kier alpha value is -0.380. The molecule has 0 unspecified atom stereocenters. The molecule has 16 heavy (non-hydrogen) atoms. The van der Waals surface area contributed by atoms with Gasteiger partial charge in [-0.05, 0) is 38.1 Å².